The number of carbonyl (C=O) groups is 1. The van der Waals surface area contributed by atoms with E-state index >= 15 is 0 Å². The van der Waals surface area contributed by atoms with Gasteiger partial charge >= 0.3 is 0 Å². The van der Waals surface area contributed by atoms with Gasteiger partial charge < -0.3 is 24.8 Å². The van der Waals surface area contributed by atoms with Gasteiger partial charge in [-0.3, -0.25) is 4.79 Å². The maximum Gasteiger partial charge on any atom is 0.262 e. The largest absolute Gasteiger partial charge is 0.493 e. The Labute approximate surface area is 215 Å². The van der Waals surface area contributed by atoms with Gasteiger partial charge in [-0.05, 0) is 78.7 Å². The van der Waals surface area contributed by atoms with Gasteiger partial charge in [-0.2, -0.15) is 0 Å². The molecule has 0 heterocycles. The summed E-state index contributed by atoms with van der Waals surface area (Å²) in [4.78, 5) is 12.3. The smallest absolute Gasteiger partial charge is 0.262 e. The van der Waals surface area contributed by atoms with E-state index < -0.39 is 0 Å². The van der Waals surface area contributed by atoms with Crippen LogP contribution in [0, 0.1) is 6.92 Å². The minimum absolute atomic E-state index is 0.156. The molecular weight excluding hydrogens is 476 g/mol. The third kappa shape index (κ3) is 6.93. The number of carbonyl (C=O) groups excluding carboxylic acids is 1. The third-order valence-corrected chi connectivity index (χ3v) is 5.78. The van der Waals surface area contributed by atoms with Crippen molar-refractivity contribution in [1.82, 2.24) is 0 Å². The number of methoxy groups -OCH3 is 1. The first-order valence-corrected chi connectivity index (χ1v) is 11.8. The highest BCUT2D eigenvalue weighted by molar-refractivity contribution is 6.31. The number of aryl methyl sites for hydroxylation is 1. The van der Waals surface area contributed by atoms with Crippen molar-refractivity contribution in [2.24, 2.45) is 0 Å². The van der Waals surface area contributed by atoms with E-state index in [1.807, 2.05) is 79.7 Å². The van der Waals surface area contributed by atoms with Gasteiger partial charge in [-0.1, -0.05) is 41.9 Å². The molecule has 0 aliphatic rings. The Morgan fingerprint density at radius 3 is 2.28 bits per heavy atom. The van der Waals surface area contributed by atoms with Crippen molar-refractivity contribution >= 4 is 28.9 Å². The first-order chi connectivity index (χ1) is 17.5. The van der Waals surface area contributed by atoms with E-state index in [0.717, 1.165) is 28.3 Å². The van der Waals surface area contributed by atoms with Crippen molar-refractivity contribution < 1.29 is 19.0 Å². The van der Waals surface area contributed by atoms with Gasteiger partial charge in [0.05, 0.1) is 7.11 Å². The van der Waals surface area contributed by atoms with Crippen molar-refractivity contribution in [1.29, 1.82) is 0 Å². The van der Waals surface area contributed by atoms with E-state index in [9.17, 15) is 4.79 Å². The van der Waals surface area contributed by atoms with Crippen molar-refractivity contribution in [2.75, 3.05) is 24.4 Å². The topological polar surface area (TPSA) is 68.8 Å². The fourth-order valence-corrected chi connectivity index (χ4v) is 3.60. The Hall–Kier alpha value is -4.16. The Bertz CT molecular complexity index is 1310. The van der Waals surface area contributed by atoms with Gasteiger partial charge in [0.15, 0.2) is 18.1 Å². The lowest BCUT2D eigenvalue weighted by Crippen LogP contribution is -2.20. The van der Waals surface area contributed by atoms with Gasteiger partial charge in [0.25, 0.3) is 5.91 Å². The predicted octanol–water partition coefficient (Wildman–Crippen LogP) is 7.08. The van der Waals surface area contributed by atoms with E-state index in [4.69, 9.17) is 25.8 Å². The Kier molecular flexibility index (Phi) is 8.32. The molecule has 0 saturated heterocycles. The van der Waals surface area contributed by atoms with Crippen LogP contribution >= 0.6 is 11.6 Å². The molecule has 0 fully saturated rings. The van der Waals surface area contributed by atoms with Gasteiger partial charge in [-0.15, -0.1) is 0 Å². The van der Waals surface area contributed by atoms with E-state index in [-0.39, 0.29) is 12.5 Å². The fraction of sp³-hybridized carbons (Fsp3) is 0.138. The van der Waals surface area contributed by atoms with Gasteiger partial charge in [0.2, 0.25) is 0 Å². The maximum atomic E-state index is 12.3. The quantitative estimate of drug-likeness (QED) is 0.242. The van der Waals surface area contributed by atoms with Crippen LogP contribution in [-0.4, -0.2) is 19.6 Å². The molecule has 4 aromatic carbocycles. The van der Waals surface area contributed by atoms with Crippen LogP contribution in [0.4, 0.5) is 11.4 Å². The number of amides is 1. The summed E-state index contributed by atoms with van der Waals surface area (Å²) >= 11 is 6.12. The summed E-state index contributed by atoms with van der Waals surface area (Å²) < 4.78 is 17.0. The minimum atomic E-state index is -0.289. The summed E-state index contributed by atoms with van der Waals surface area (Å²) in [5.74, 6) is 2.31. The number of para-hydroxylation sites is 1. The fourth-order valence-electron chi connectivity index (χ4n) is 3.42. The highest BCUT2D eigenvalue weighted by atomic mass is 35.5. The number of benzene rings is 4. The molecule has 0 aromatic heterocycles. The minimum Gasteiger partial charge on any atom is -0.493 e. The van der Waals surface area contributed by atoms with E-state index in [1.54, 1.807) is 25.3 Å². The van der Waals surface area contributed by atoms with E-state index in [0.29, 0.717) is 28.8 Å². The molecule has 7 heteroatoms. The summed E-state index contributed by atoms with van der Waals surface area (Å²) in [6, 6.07) is 28.4. The maximum absolute atomic E-state index is 12.3. The third-order valence-electron chi connectivity index (χ3n) is 5.37. The molecule has 184 valence electrons. The van der Waals surface area contributed by atoms with E-state index in [1.165, 1.54) is 0 Å². The molecule has 4 rings (SSSR count). The summed E-state index contributed by atoms with van der Waals surface area (Å²) in [6.07, 6.45) is 0. The van der Waals surface area contributed by atoms with Crippen LogP contribution in [0.1, 0.15) is 11.1 Å². The molecule has 2 N–H and O–H groups in total. The molecule has 0 aliphatic carbocycles. The standard InChI is InChI=1S/C29H27ClN2O4/c1-20-8-10-23(17-26(20)30)32-29(33)19-35-27-15-9-21(16-28(27)34-2)18-31-22-11-13-25(14-12-22)36-24-6-4-3-5-7-24/h3-17,31H,18-19H2,1-2H3,(H,32,33). The number of halogens is 1. The lowest BCUT2D eigenvalue weighted by molar-refractivity contribution is -0.118. The Morgan fingerprint density at radius 2 is 1.56 bits per heavy atom. The molecule has 0 radical (unpaired) electrons. The monoisotopic (exact) mass is 502 g/mol. The first kappa shape index (κ1) is 24.9. The van der Waals surface area contributed by atoms with Crippen LogP contribution in [0.25, 0.3) is 0 Å². The second kappa shape index (κ2) is 12.0. The summed E-state index contributed by atoms with van der Waals surface area (Å²) in [7, 11) is 1.57. The molecule has 0 bridgehead atoms. The Morgan fingerprint density at radius 1 is 0.833 bits per heavy atom. The van der Waals surface area contributed by atoms with Crippen LogP contribution in [0.3, 0.4) is 0 Å². The van der Waals surface area contributed by atoms with E-state index in [2.05, 4.69) is 10.6 Å². The highest BCUT2D eigenvalue weighted by Crippen LogP contribution is 2.29. The molecule has 6 nitrogen and oxygen atoms in total. The molecule has 0 unspecified atom stereocenters. The predicted molar refractivity (Wildman–Crippen MR) is 144 cm³/mol. The number of nitrogens with one attached hydrogen (secondary N) is 2. The number of hydrogen-bond donors (Lipinski definition) is 2. The average Bonchev–Trinajstić information content (AvgIpc) is 2.90. The first-order valence-electron chi connectivity index (χ1n) is 11.4. The van der Waals surface area contributed by atoms with Gasteiger partial charge in [0.1, 0.15) is 11.5 Å². The summed E-state index contributed by atoms with van der Waals surface area (Å²) in [6.45, 7) is 2.33. The molecule has 0 atom stereocenters. The summed E-state index contributed by atoms with van der Waals surface area (Å²) in [5.41, 5.74) is 3.52. The average molecular weight is 503 g/mol. The van der Waals surface area contributed by atoms with Gasteiger partial charge in [-0.25, -0.2) is 0 Å². The van der Waals surface area contributed by atoms with Crippen LogP contribution in [0.15, 0.2) is 91.0 Å². The molecule has 4 aromatic rings. The second-order valence-corrected chi connectivity index (χ2v) is 8.49. The molecule has 0 saturated carbocycles. The highest BCUT2D eigenvalue weighted by Gasteiger charge is 2.10. The zero-order valence-corrected chi connectivity index (χ0v) is 20.8. The molecule has 36 heavy (non-hydrogen) atoms. The van der Waals surface area contributed by atoms with Crippen LogP contribution in [0.5, 0.6) is 23.0 Å². The second-order valence-electron chi connectivity index (χ2n) is 8.08. The lowest BCUT2D eigenvalue weighted by Gasteiger charge is -2.13. The Balaban J connectivity index is 1.29. The van der Waals surface area contributed by atoms with Crippen molar-refractivity contribution in [2.45, 2.75) is 13.5 Å². The van der Waals surface area contributed by atoms with Crippen LogP contribution < -0.4 is 24.8 Å². The lowest BCUT2D eigenvalue weighted by atomic mass is 10.2. The van der Waals surface area contributed by atoms with Crippen LogP contribution in [0.2, 0.25) is 5.02 Å². The summed E-state index contributed by atoms with van der Waals surface area (Å²) in [5, 5.41) is 6.75. The van der Waals surface area contributed by atoms with Crippen molar-refractivity contribution in [3.05, 3.63) is 107 Å². The SMILES string of the molecule is COc1cc(CNc2ccc(Oc3ccccc3)cc2)ccc1OCC(=O)Nc1ccc(C)c(Cl)c1. The van der Waals surface area contributed by atoms with Gasteiger partial charge in [0, 0.05) is 22.9 Å². The zero-order chi connectivity index (χ0) is 25.3. The normalized spacial score (nSPS) is 10.4. The van der Waals surface area contributed by atoms with Crippen LogP contribution in [-0.2, 0) is 11.3 Å². The molecular formula is C29H27ClN2O4. The zero-order valence-electron chi connectivity index (χ0n) is 20.1. The molecule has 0 aliphatic heterocycles. The number of rotatable bonds is 10. The number of ether oxygens (including phenoxy) is 3. The van der Waals surface area contributed by atoms with Crippen molar-refractivity contribution in [3.8, 4) is 23.0 Å². The number of anilines is 2. The molecule has 0 spiro atoms. The molecule has 1 amide bonds. The van der Waals surface area contributed by atoms with Crippen molar-refractivity contribution in [3.63, 3.8) is 0 Å². The number of hydrogen-bond acceptors (Lipinski definition) is 5.